The molecule has 0 bridgehead atoms. The Kier molecular flexibility index (Phi) is 5.50. The SMILES string of the molecule is CC(=O)c1c(N)ccc(C2=C(Cl)C3=C(NC2)NCC32CCC([C@H](C)CC(N)=O)C2)c1F. The molecule has 6 nitrogen and oxygen atoms in total. The van der Waals surface area contributed by atoms with Gasteiger partial charge in [0, 0.05) is 47.3 Å². The molecule has 1 saturated carbocycles. The maximum Gasteiger partial charge on any atom is 0.217 e. The molecule has 2 unspecified atom stereocenters. The van der Waals surface area contributed by atoms with Gasteiger partial charge in [0.25, 0.3) is 0 Å². The number of fused-ring (bicyclic) bond motifs is 1. The normalized spacial score (nSPS) is 26.0. The number of hydrogen-bond donors (Lipinski definition) is 4. The topological polar surface area (TPSA) is 110 Å². The lowest BCUT2D eigenvalue weighted by atomic mass is 9.76. The van der Waals surface area contributed by atoms with Crippen LogP contribution in [0.2, 0.25) is 0 Å². The number of dihydropyridines is 1. The average molecular weight is 447 g/mol. The molecule has 0 radical (unpaired) electrons. The van der Waals surface area contributed by atoms with Gasteiger partial charge < -0.3 is 22.1 Å². The number of carbonyl (C=O) groups excluding carboxylic acids is 2. The maximum atomic E-state index is 15.2. The largest absolute Gasteiger partial charge is 0.398 e. The lowest BCUT2D eigenvalue weighted by molar-refractivity contribution is -0.119. The highest BCUT2D eigenvalue weighted by atomic mass is 35.5. The third-order valence-electron chi connectivity index (χ3n) is 7.14. The quantitative estimate of drug-likeness (QED) is 0.410. The number of ketones is 1. The van der Waals surface area contributed by atoms with E-state index in [1.807, 2.05) is 0 Å². The first-order valence-corrected chi connectivity index (χ1v) is 11.0. The van der Waals surface area contributed by atoms with Gasteiger partial charge in [0.2, 0.25) is 5.91 Å². The molecule has 2 aliphatic heterocycles. The molecule has 1 spiro atoms. The van der Waals surface area contributed by atoms with Crippen molar-refractivity contribution in [1.82, 2.24) is 10.6 Å². The number of hydrogen-bond acceptors (Lipinski definition) is 5. The summed E-state index contributed by atoms with van der Waals surface area (Å²) in [6, 6.07) is 3.14. The molecular weight excluding hydrogens is 419 g/mol. The van der Waals surface area contributed by atoms with Crippen LogP contribution in [0, 0.1) is 23.1 Å². The molecule has 1 aromatic rings. The number of amides is 1. The summed E-state index contributed by atoms with van der Waals surface area (Å²) in [5.41, 5.74) is 13.0. The number of benzene rings is 1. The third kappa shape index (κ3) is 3.59. The van der Waals surface area contributed by atoms with Crippen LogP contribution in [0.3, 0.4) is 0 Å². The number of nitrogen functional groups attached to an aromatic ring is 1. The lowest BCUT2D eigenvalue weighted by Gasteiger charge is -2.30. The summed E-state index contributed by atoms with van der Waals surface area (Å²) in [6.45, 7) is 4.47. The van der Waals surface area contributed by atoms with Gasteiger partial charge in [-0.1, -0.05) is 18.5 Å². The van der Waals surface area contributed by atoms with E-state index in [1.54, 1.807) is 12.1 Å². The van der Waals surface area contributed by atoms with Gasteiger partial charge >= 0.3 is 0 Å². The van der Waals surface area contributed by atoms with Crippen molar-refractivity contribution in [1.29, 1.82) is 0 Å². The van der Waals surface area contributed by atoms with Crippen LogP contribution in [0.4, 0.5) is 10.1 Å². The Morgan fingerprint density at radius 1 is 1.35 bits per heavy atom. The predicted octanol–water partition coefficient (Wildman–Crippen LogP) is 3.28. The van der Waals surface area contributed by atoms with Gasteiger partial charge in [-0.25, -0.2) is 4.39 Å². The summed E-state index contributed by atoms with van der Waals surface area (Å²) in [6.07, 6.45) is 3.18. The Labute approximate surface area is 186 Å². The fraction of sp³-hybridized carbons (Fsp3) is 0.478. The number of primary amides is 1. The minimum atomic E-state index is -0.633. The molecule has 8 heteroatoms. The van der Waals surface area contributed by atoms with E-state index in [1.165, 1.54) is 6.92 Å². The molecule has 2 heterocycles. The van der Waals surface area contributed by atoms with Gasteiger partial charge in [0.15, 0.2) is 5.78 Å². The molecule has 1 fully saturated rings. The van der Waals surface area contributed by atoms with Gasteiger partial charge in [0.1, 0.15) is 11.6 Å². The molecule has 31 heavy (non-hydrogen) atoms. The van der Waals surface area contributed by atoms with Gasteiger partial charge in [-0.15, -0.1) is 0 Å². The number of nitrogens with two attached hydrogens (primary N) is 2. The van der Waals surface area contributed by atoms with E-state index in [-0.39, 0.29) is 28.5 Å². The Morgan fingerprint density at radius 3 is 2.77 bits per heavy atom. The molecule has 1 aromatic carbocycles. The van der Waals surface area contributed by atoms with Crippen LogP contribution in [0.15, 0.2) is 28.6 Å². The van der Waals surface area contributed by atoms with E-state index in [9.17, 15) is 9.59 Å². The Morgan fingerprint density at radius 2 is 2.10 bits per heavy atom. The number of carbonyl (C=O) groups is 2. The first-order chi connectivity index (χ1) is 14.6. The lowest BCUT2D eigenvalue weighted by Crippen LogP contribution is -2.28. The molecule has 0 saturated heterocycles. The average Bonchev–Trinajstić information content (AvgIpc) is 3.27. The number of allylic oxidation sites excluding steroid dienone is 1. The van der Waals surface area contributed by atoms with Crippen molar-refractivity contribution in [3.8, 4) is 0 Å². The summed E-state index contributed by atoms with van der Waals surface area (Å²) in [4.78, 5) is 23.3. The van der Waals surface area contributed by atoms with E-state index >= 15 is 4.39 Å². The Hall–Kier alpha value is -2.54. The molecule has 4 rings (SSSR count). The second-order valence-corrected chi connectivity index (χ2v) is 9.51. The van der Waals surface area contributed by atoms with Crippen LogP contribution in [0.25, 0.3) is 5.57 Å². The molecular formula is C23H28ClFN4O2. The summed E-state index contributed by atoms with van der Waals surface area (Å²) in [5, 5.41) is 7.31. The molecule has 1 amide bonds. The minimum Gasteiger partial charge on any atom is -0.398 e. The zero-order chi connectivity index (χ0) is 22.5. The molecule has 3 aliphatic rings. The smallest absolute Gasteiger partial charge is 0.217 e. The van der Waals surface area contributed by atoms with E-state index < -0.39 is 11.6 Å². The van der Waals surface area contributed by atoms with Crippen LogP contribution in [0.5, 0.6) is 0 Å². The highest BCUT2D eigenvalue weighted by Crippen LogP contribution is 2.56. The number of Topliss-reactive ketones (excluding diaryl/α,β-unsaturated/α-hetero) is 1. The molecule has 3 atom stereocenters. The highest BCUT2D eigenvalue weighted by Gasteiger charge is 2.50. The van der Waals surface area contributed by atoms with Crippen molar-refractivity contribution in [3.05, 3.63) is 45.5 Å². The summed E-state index contributed by atoms with van der Waals surface area (Å²) < 4.78 is 15.2. The van der Waals surface area contributed by atoms with Gasteiger partial charge in [0.05, 0.1) is 10.6 Å². The first kappa shape index (κ1) is 21.7. The molecule has 1 aliphatic carbocycles. The van der Waals surface area contributed by atoms with E-state index in [4.69, 9.17) is 23.1 Å². The standard InChI is InChI=1S/C23H28ClFN4O2/c1-11(7-17(27)31)13-5-6-23(8-13)10-29-22-19(23)20(24)15(9-28-22)14-3-4-16(26)18(12(2)30)21(14)25/h3-4,11,13,28-29H,5-10,26H2,1-2H3,(H2,27,31)/t11-,13?,23?/m1/s1. The highest BCUT2D eigenvalue weighted by molar-refractivity contribution is 6.35. The minimum absolute atomic E-state index is 0.102. The number of nitrogens with one attached hydrogen (secondary N) is 2. The first-order valence-electron chi connectivity index (χ1n) is 10.6. The summed E-state index contributed by atoms with van der Waals surface area (Å²) in [5.74, 6) is 0.128. The Balaban J connectivity index is 1.71. The van der Waals surface area contributed by atoms with Crippen molar-refractivity contribution in [2.45, 2.75) is 39.5 Å². The van der Waals surface area contributed by atoms with E-state index in [2.05, 4.69) is 17.6 Å². The van der Waals surface area contributed by atoms with Gasteiger partial charge in [-0.05, 0) is 50.2 Å². The van der Waals surface area contributed by atoms with Crippen LogP contribution >= 0.6 is 11.6 Å². The van der Waals surface area contributed by atoms with Crippen molar-refractivity contribution in [2.75, 3.05) is 18.8 Å². The summed E-state index contributed by atoms with van der Waals surface area (Å²) in [7, 11) is 0. The fourth-order valence-electron chi connectivity index (χ4n) is 5.52. The third-order valence-corrected chi connectivity index (χ3v) is 7.55. The van der Waals surface area contributed by atoms with Crippen molar-refractivity contribution >= 4 is 34.6 Å². The monoisotopic (exact) mass is 446 g/mol. The van der Waals surface area contributed by atoms with Crippen LogP contribution < -0.4 is 22.1 Å². The maximum absolute atomic E-state index is 15.2. The predicted molar refractivity (Wildman–Crippen MR) is 119 cm³/mol. The van der Waals surface area contributed by atoms with E-state index in [0.29, 0.717) is 35.1 Å². The molecule has 0 aromatic heterocycles. The van der Waals surface area contributed by atoms with Crippen molar-refractivity contribution < 1.29 is 14.0 Å². The Bertz CT molecular complexity index is 1030. The number of rotatable bonds is 5. The molecule has 6 N–H and O–H groups in total. The van der Waals surface area contributed by atoms with Gasteiger partial charge in [-0.2, -0.15) is 0 Å². The van der Waals surface area contributed by atoms with Crippen molar-refractivity contribution in [2.24, 2.45) is 23.0 Å². The molecule has 166 valence electrons. The van der Waals surface area contributed by atoms with Crippen molar-refractivity contribution in [3.63, 3.8) is 0 Å². The van der Waals surface area contributed by atoms with Gasteiger partial charge in [-0.3, -0.25) is 9.59 Å². The summed E-state index contributed by atoms with van der Waals surface area (Å²) >= 11 is 6.93. The second kappa shape index (κ2) is 7.86. The number of halogens is 2. The van der Waals surface area contributed by atoms with Crippen LogP contribution in [-0.2, 0) is 4.79 Å². The number of anilines is 1. The zero-order valence-electron chi connectivity index (χ0n) is 17.8. The van der Waals surface area contributed by atoms with Crippen LogP contribution in [0.1, 0.15) is 55.5 Å². The zero-order valence-corrected chi connectivity index (χ0v) is 18.5. The van der Waals surface area contributed by atoms with Crippen LogP contribution in [-0.4, -0.2) is 24.8 Å². The second-order valence-electron chi connectivity index (χ2n) is 9.13. The van der Waals surface area contributed by atoms with E-state index in [0.717, 1.165) is 37.2 Å². The fourth-order valence-corrected chi connectivity index (χ4v) is 5.98.